The first-order chi connectivity index (χ1) is 28.2. The summed E-state index contributed by atoms with van der Waals surface area (Å²) in [5.74, 6) is 1.86. The number of benzene rings is 8. The summed E-state index contributed by atoms with van der Waals surface area (Å²) in [5, 5.41) is 7.19. The van der Waals surface area contributed by atoms with Crippen molar-refractivity contribution in [2.45, 2.75) is 0 Å². The summed E-state index contributed by atoms with van der Waals surface area (Å²) in [6, 6.07) is 63.9. The molecule has 0 saturated carbocycles. The molecule has 12 rings (SSSR count). The summed E-state index contributed by atoms with van der Waals surface area (Å²) >= 11 is 1.85. The molecular weight excluding hydrogens is 717 g/mol. The molecule has 57 heavy (non-hydrogen) atoms. The van der Waals surface area contributed by atoms with Crippen molar-refractivity contribution in [1.82, 2.24) is 19.5 Å². The summed E-state index contributed by atoms with van der Waals surface area (Å²) in [6.07, 6.45) is 0. The Balaban J connectivity index is 0.959. The Morgan fingerprint density at radius 3 is 1.70 bits per heavy atom. The van der Waals surface area contributed by atoms with Gasteiger partial charge in [0.1, 0.15) is 11.2 Å². The second-order valence-corrected chi connectivity index (χ2v) is 15.4. The van der Waals surface area contributed by atoms with Gasteiger partial charge in [-0.15, -0.1) is 11.3 Å². The third-order valence-electron chi connectivity index (χ3n) is 11.1. The van der Waals surface area contributed by atoms with Crippen LogP contribution in [0.2, 0.25) is 0 Å². The predicted molar refractivity (Wildman–Crippen MR) is 236 cm³/mol. The van der Waals surface area contributed by atoms with Crippen LogP contribution in [0.4, 0.5) is 0 Å². The number of para-hydroxylation sites is 2. The van der Waals surface area contributed by atoms with Gasteiger partial charge in [0, 0.05) is 64.1 Å². The molecule has 8 aromatic carbocycles. The molecule has 266 valence electrons. The van der Waals surface area contributed by atoms with E-state index in [-0.39, 0.29) is 0 Å². The molecule has 0 bridgehead atoms. The minimum atomic E-state index is 0.600. The fourth-order valence-electron chi connectivity index (χ4n) is 8.38. The van der Waals surface area contributed by atoms with Crippen molar-refractivity contribution in [3.05, 3.63) is 182 Å². The largest absolute Gasteiger partial charge is 0.456 e. The zero-order chi connectivity index (χ0) is 37.5. The minimum absolute atomic E-state index is 0.600. The van der Waals surface area contributed by atoms with E-state index >= 15 is 0 Å². The van der Waals surface area contributed by atoms with Crippen LogP contribution in [0.5, 0.6) is 0 Å². The molecule has 0 amide bonds. The molecule has 0 spiro atoms. The maximum atomic E-state index is 6.51. The third-order valence-corrected chi connectivity index (χ3v) is 12.3. The van der Waals surface area contributed by atoms with Gasteiger partial charge >= 0.3 is 0 Å². The van der Waals surface area contributed by atoms with Gasteiger partial charge in [-0.3, -0.25) is 0 Å². The summed E-state index contributed by atoms with van der Waals surface area (Å²) < 4.78 is 11.5. The molecular formula is C51H30N4OS. The van der Waals surface area contributed by atoms with Gasteiger partial charge in [0.05, 0.1) is 11.0 Å². The molecule has 0 unspecified atom stereocenters. The van der Waals surface area contributed by atoms with E-state index < -0.39 is 0 Å². The third kappa shape index (κ3) is 5.12. The first-order valence-electron chi connectivity index (χ1n) is 19.0. The Morgan fingerprint density at radius 2 is 1.00 bits per heavy atom. The van der Waals surface area contributed by atoms with Crippen LogP contribution in [0.25, 0.3) is 115 Å². The van der Waals surface area contributed by atoms with Crippen molar-refractivity contribution in [2.75, 3.05) is 0 Å². The van der Waals surface area contributed by atoms with E-state index in [0.29, 0.717) is 17.5 Å². The molecule has 4 heterocycles. The molecule has 12 aromatic rings. The van der Waals surface area contributed by atoms with Crippen LogP contribution in [0.1, 0.15) is 0 Å². The van der Waals surface area contributed by atoms with E-state index in [2.05, 4.69) is 126 Å². The normalized spacial score (nSPS) is 11.9. The number of hydrogen-bond acceptors (Lipinski definition) is 5. The van der Waals surface area contributed by atoms with Crippen molar-refractivity contribution in [2.24, 2.45) is 0 Å². The van der Waals surface area contributed by atoms with Crippen molar-refractivity contribution < 1.29 is 4.42 Å². The molecule has 6 heteroatoms. The van der Waals surface area contributed by atoms with Crippen molar-refractivity contribution in [1.29, 1.82) is 0 Å². The number of hydrogen-bond donors (Lipinski definition) is 0. The minimum Gasteiger partial charge on any atom is -0.456 e. The van der Waals surface area contributed by atoms with Crippen molar-refractivity contribution >= 4 is 75.3 Å². The Labute approximate surface area is 330 Å². The van der Waals surface area contributed by atoms with Crippen LogP contribution in [0.15, 0.2) is 186 Å². The Kier molecular flexibility index (Phi) is 7.03. The SMILES string of the molecule is c1ccc(-c2nc(-c3ccccc3)nc(-c3ccc4c(c3)oc3ccc(-c5cccc6c5sc5ccc(-n7c8ccccc8c8ccccc87)cc56)cc34)n2)cc1. The van der Waals surface area contributed by atoms with Crippen LogP contribution < -0.4 is 0 Å². The smallest absolute Gasteiger partial charge is 0.164 e. The highest BCUT2D eigenvalue weighted by atomic mass is 32.1. The lowest BCUT2D eigenvalue weighted by atomic mass is 10.00. The maximum Gasteiger partial charge on any atom is 0.164 e. The molecule has 0 aliphatic rings. The zero-order valence-electron chi connectivity index (χ0n) is 30.4. The fourth-order valence-corrected chi connectivity index (χ4v) is 9.59. The molecule has 4 aromatic heterocycles. The monoisotopic (exact) mass is 746 g/mol. The molecule has 0 aliphatic heterocycles. The van der Waals surface area contributed by atoms with Gasteiger partial charge in [0.15, 0.2) is 17.5 Å². The number of thiophene rings is 1. The van der Waals surface area contributed by atoms with Gasteiger partial charge < -0.3 is 8.98 Å². The highest BCUT2D eigenvalue weighted by molar-refractivity contribution is 7.26. The Morgan fingerprint density at radius 1 is 0.386 bits per heavy atom. The number of fused-ring (bicyclic) bond motifs is 9. The second-order valence-electron chi connectivity index (χ2n) is 14.4. The summed E-state index contributed by atoms with van der Waals surface area (Å²) in [4.78, 5) is 14.7. The number of rotatable bonds is 5. The maximum absolute atomic E-state index is 6.51. The van der Waals surface area contributed by atoms with E-state index in [1.165, 1.54) is 53.2 Å². The molecule has 0 saturated heterocycles. The lowest BCUT2D eigenvalue weighted by molar-refractivity contribution is 0.669. The van der Waals surface area contributed by atoms with Gasteiger partial charge in [0.2, 0.25) is 0 Å². The van der Waals surface area contributed by atoms with E-state index in [0.717, 1.165) is 44.2 Å². The van der Waals surface area contributed by atoms with Crippen molar-refractivity contribution in [3.63, 3.8) is 0 Å². The standard InChI is InChI=1S/C51H30N4OS/c1-3-12-31(13-4-1)49-52-50(32-14-5-2-6-15-32)54-51(53-49)34-22-25-39-41-28-33(23-26-45(41)56-46(39)29-34)36-18-11-19-40-42-30-35(24-27-47(42)57-48(36)40)55-43-20-9-7-16-37(43)38-17-8-10-21-44(38)55/h1-30H. The van der Waals surface area contributed by atoms with Gasteiger partial charge in [0.25, 0.3) is 0 Å². The molecule has 0 radical (unpaired) electrons. The first kappa shape index (κ1) is 31.9. The lowest BCUT2D eigenvalue weighted by Gasteiger charge is -2.08. The summed E-state index contributed by atoms with van der Waals surface area (Å²) in [7, 11) is 0. The topological polar surface area (TPSA) is 56.7 Å². The highest BCUT2D eigenvalue weighted by Gasteiger charge is 2.18. The number of furan rings is 1. The van der Waals surface area contributed by atoms with Crippen LogP contribution in [0, 0.1) is 0 Å². The first-order valence-corrected chi connectivity index (χ1v) is 19.8. The van der Waals surface area contributed by atoms with Crippen LogP contribution >= 0.6 is 11.3 Å². The molecule has 0 atom stereocenters. The van der Waals surface area contributed by atoms with E-state index in [4.69, 9.17) is 19.4 Å². The molecule has 0 fully saturated rings. The van der Waals surface area contributed by atoms with Gasteiger partial charge in [-0.05, 0) is 65.7 Å². The highest BCUT2D eigenvalue weighted by Crippen LogP contribution is 2.43. The van der Waals surface area contributed by atoms with E-state index in [9.17, 15) is 0 Å². The van der Waals surface area contributed by atoms with Gasteiger partial charge in [-0.1, -0.05) is 127 Å². The Hall–Kier alpha value is -7.41. The second kappa shape index (κ2) is 12.6. The summed E-state index contributed by atoms with van der Waals surface area (Å²) in [5.41, 5.74) is 10.4. The number of aromatic nitrogens is 4. The molecule has 0 N–H and O–H groups in total. The summed E-state index contributed by atoms with van der Waals surface area (Å²) in [6.45, 7) is 0. The zero-order valence-corrected chi connectivity index (χ0v) is 31.2. The lowest BCUT2D eigenvalue weighted by Crippen LogP contribution is -2.00. The van der Waals surface area contributed by atoms with Crippen LogP contribution in [-0.4, -0.2) is 19.5 Å². The van der Waals surface area contributed by atoms with E-state index in [1.54, 1.807) is 0 Å². The molecule has 0 aliphatic carbocycles. The molecule has 5 nitrogen and oxygen atoms in total. The van der Waals surface area contributed by atoms with E-state index in [1.807, 2.05) is 72.0 Å². The predicted octanol–water partition coefficient (Wildman–Crippen LogP) is 13.9. The van der Waals surface area contributed by atoms with Crippen LogP contribution in [0.3, 0.4) is 0 Å². The quantitative estimate of drug-likeness (QED) is 0.176. The van der Waals surface area contributed by atoms with Crippen molar-refractivity contribution in [3.8, 4) is 51.0 Å². The van der Waals surface area contributed by atoms with Crippen LogP contribution in [-0.2, 0) is 0 Å². The fraction of sp³-hybridized carbons (Fsp3) is 0. The number of nitrogens with zero attached hydrogens (tertiary/aromatic N) is 4. The average molecular weight is 747 g/mol. The van der Waals surface area contributed by atoms with Gasteiger partial charge in [-0.25, -0.2) is 15.0 Å². The average Bonchev–Trinajstić information content (AvgIpc) is 3.95. The Bertz CT molecular complexity index is 3420. The van der Waals surface area contributed by atoms with Gasteiger partial charge in [-0.2, -0.15) is 0 Å².